The summed E-state index contributed by atoms with van der Waals surface area (Å²) in [4.78, 5) is 11.8. The van der Waals surface area contributed by atoms with Crippen LogP contribution in [0.25, 0.3) is 21.5 Å². The maximum Gasteiger partial charge on any atom is 0.333 e. The Morgan fingerprint density at radius 2 is 1.89 bits per heavy atom. The molecular formula is C23H24O4. The van der Waals surface area contributed by atoms with Crippen molar-refractivity contribution in [3.05, 3.63) is 66.2 Å². The normalized spacial score (nSPS) is 12.1. The number of aryl methyl sites for hydroxylation is 1. The van der Waals surface area contributed by atoms with E-state index < -0.39 is 12.1 Å². The van der Waals surface area contributed by atoms with E-state index in [1.165, 1.54) is 5.56 Å². The van der Waals surface area contributed by atoms with Gasteiger partial charge in [0.25, 0.3) is 0 Å². The van der Waals surface area contributed by atoms with Crippen molar-refractivity contribution in [1.29, 1.82) is 0 Å². The molecule has 4 heteroatoms. The lowest BCUT2D eigenvalue weighted by molar-refractivity contribution is -0.147. The first-order valence-electron chi connectivity index (χ1n) is 9.08. The summed E-state index contributed by atoms with van der Waals surface area (Å²) < 4.78 is 11.4. The highest BCUT2D eigenvalue weighted by atomic mass is 16.6. The van der Waals surface area contributed by atoms with Crippen molar-refractivity contribution in [2.75, 3.05) is 13.2 Å². The molecule has 0 saturated heterocycles. The quantitative estimate of drug-likeness (QED) is 0.383. The zero-order chi connectivity index (χ0) is 19.4. The molecule has 0 aromatic heterocycles. The van der Waals surface area contributed by atoms with Gasteiger partial charge in [0.15, 0.2) is 6.10 Å². The zero-order valence-electron chi connectivity index (χ0n) is 15.7. The van der Waals surface area contributed by atoms with Gasteiger partial charge in [-0.1, -0.05) is 56.0 Å². The number of rotatable bonds is 7. The molecule has 0 fully saturated rings. The van der Waals surface area contributed by atoms with Crippen molar-refractivity contribution in [1.82, 2.24) is 0 Å². The average molecular weight is 364 g/mol. The molecule has 0 bridgehead atoms. The zero-order valence-corrected chi connectivity index (χ0v) is 15.7. The first kappa shape index (κ1) is 18.9. The Kier molecular flexibility index (Phi) is 5.77. The molecule has 140 valence electrons. The van der Waals surface area contributed by atoms with E-state index in [1.54, 1.807) is 6.92 Å². The summed E-state index contributed by atoms with van der Waals surface area (Å²) in [6, 6.07) is 16.4. The van der Waals surface area contributed by atoms with Crippen LogP contribution in [0, 0.1) is 0 Å². The Morgan fingerprint density at radius 3 is 2.59 bits per heavy atom. The van der Waals surface area contributed by atoms with Crippen LogP contribution in [-0.2, 0) is 16.0 Å². The second kappa shape index (κ2) is 8.23. The second-order valence-corrected chi connectivity index (χ2v) is 6.60. The lowest BCUT2D eigenvalue weighted by Gasteiger charge is -2.19. The minimum atomic E-state index is -0.753. The molecule has 1 unspecified atom stereocenters. The van der Waals surface area contributed by atoms with E-state index in [4.69, 9.17) is 9.47 Å². The Hall–Kier alpha value is -2.85. The fourth-order valence-corrected chi connectivity index (χ4v) is 3.15. The van der Waals surface area contributed by atoms with Gasteiger partial charge in [-0.3, -0.25) is 0 Å². The maximum atomic E-state index is 11.8. The highest BCUT2D eigenvalue weighted by molar-refractivity contribution is 6.06. The molecule has 0 saturated carbocycles. The maximum absolute atomic E-state index is 11.8. The average Bonchev–Trinajstić information content (AvgIpc) is 2.69. The highest BCUT2D eigenvalue weighted by Crippen LogP contribution is 2.37. The molecule has 0 aliphatic heterocycles. The fourth-order valence-electron chi connectivity index (χ4n) is 3.15. The molecule has 3 rings (SSSR count). The number of carbonyl (C=O) groups is 1. The monoisotopic (exact) mass is 364 g/mol. The topological polar surface area (TPSA) is 55.8 Å². The van der Waals surface area contributed by atoms with E-state index in [9.17, 15) is 9.90 Å². The summed E-state index contributed by atoms with van der Waals surface area (Å²) in [6.45, 7) is 7.00. The van der Waals surface area contributed by atoms with Crippen molar-refractivity contribution >= 4 is 27.5 Å². The van der Waals surface area contributed by atoms with Crippen LogP contribution in [-0.4, -0.2) is 30.4 Å². The summed E-state index contributed by atoms with van der Waals surface area (Å²) >= 11 is 0. The molecule has 0 amide bonds. The Balaban J connectivity index is 2.02. The van der Waals surface area contributed by atoms with Gasteiger partial charge in [0.05, 0.1) is 6.61 Å². The van der Waals surface area contributed by atoms with Gasteiger partial charge < -0.3 is 14.6 Å². The lowest BCUT2D eigenvalue weighted by Crippen LogP contribution is -2.28. The van der Waals surface area contributed by atoms with E-state index in [-0.39, 0.29) is 18.8 Å². The van der Waals surface area contributed by atoms with Crippen LogP contribution >= 0.6 is 0 Å². The van der Waals surface area contributed by atoms with Gasteiger partial charge in [0.1, 0.15) is 12.4 Å². The highest BCUT2D eigenvalue weighted by Gasteiger charge is 2.18. The molecule has 1 N–H and O–H groups in total. The molecular weight excluding hydrogens is 340 g/mol. The SMILES string of the molecule is C=C(C)C(=O)OC(CO)COc1c2ccccc2cc2cccc(CC)c12. The third-order valence-electron chi connectivity index (χ3n) is 4.55. The molecule has 3 aromatic carbocycles. The third kappa shape index (κ3) is 3.96. The first-order valence-corrected chi connectivity index (χ1v) is 9.08. The van der Waals surface area contributed by atoms with Gasteiger partial charge in [0.2, 0.25) is 0 Å². The number of hydrogen-bond acceptors (Lipinski definition) is 4. The van der Waals surface area contributed by atoms with E-state index in [0.717, 1.165) is 33.7 Å². The van der Waals surface area contributed by atoms with Crippen LogP contribution in [0.2, 0.25) is 0 Å². The molecule has 0 aliphatic rings. The van der Waals surface area contributed by atoms with Gasteiger partial charge in [-0.15, -0.1) is 0 Å². The van der Waals surface area contributed by atoms with Gasteiger partial charge >= 0.3 is 5.97 Å². The fraction of sp³-hybridized carbons (Fsp3) is 0.261. The minimum Gasteiger partial charge on any atom is -0.488 e. The summed E-state index contributed by atoms with van der Waals surface area (Å²) in [5.41, 5.74) is 1.48. The number of carbonyl (C=O) groups excluding carboxylic acids is 1. The Morgan fingerprint density at radius 1 is 1.15 bits per heavy atom. The van der Waals surface area contributed by atoms with Crippen molar-refractivity contribution in [3.63, 3.8) is 0 Å². The molecule has 0 spiro atoms. The smallest absolute Gasteiger partial charge is 0.333 e. The van der Waals surface area contributed by atoms with Gasteiger partial charge in [0, 0.05) is 16.3 Å². The van der Waals surface area contributed by atoms with E-state index in [2.05, 4.69) is 31.7 Å². The molecule has 27 heavy (non-hydrogen) atoms. The lowest BCUT2D eigenvalue weighted by atomic mass is 9.97. The van der Waals surface area contributed by atoms with Crippen LogP contribution in [0.1, 0.15) is 19.4 Å². The van der Waals surface area contributed by atoms with Crippen molar-refractivity contribution in [2.45, 2.75) is 26.4 Å². The second-order valence-electron chi connectivity index (χ2n) is 6.60. The summed E-state index contributed by atoms with van der Waals surface area (Å²) in [5, 5.41) is 13.8. The number of benzene rings is 3. The van der Waals surface area contributed by atoms with Crippen LogP contribution in [0.3, 0.4) is 0 Å². The van der Waals surface area contributed by atoms with Crippen LogP contribution in [0.4, 0.5) is 0 Å². The van der Waals surface area contributed by atoms with Crippen molar-refractivity contribution < 1.29 is 19.4 Å². The van der Waals surface area contributed by atoms with Gasteiger partial charge in [-0.05, 0) is 35.7 Å². The molecule has 1 atom stereocenters. The number of fused-ring (bicyclic) bond motifs is 2. The van der Waals surface area contributed by atoms with E-state index in [1.807, 2.05) is 30.3 Å². The van der Waals surface area contributed by atoms with E-state index >= 15 is 0 Å². The predicted octanol–water partition coefficient (Wildman–Crippen LogP) is 4.41. The summed E-state index contributed by atoms with van der Waals surface area (Å²) in [6.07, 6.45) is 0.122. The number of aliphatic hydroxyl groups is 1. The van der Waals surface area contributed by atoms with Crippen LogP contribution in [0.15, 0.2) is 60.7 Å². The molecule has 3 aromatic rings. The minimum absolute atomic E-state index is 0.0661. The Labute approximate surface area is 159 Å². The Bertz CT molecular complexity index is 990. The summed E-state index contributed by atoms with van der Waals surface area (Å²) in [5.74, 6) is 0.222. The standard InChI is InChI=1S/C23H24O4/c1-4-16-9-7-10-18-12-17-8-5-6-11-20(17)22(21(16)18)26-14-19(13-24)27-23(25)15(2)3/h5-12,19,24H,2,4,13-14H2,1,3H3. The molecule has 0 heterocycles. The van der Waals surface area contributed by atoms with Crippen molar-refractivity contribution in [3.8, 4) is 5.75 Å². The van der Waals surface area contributed by atoms with Crippen LogP contribution < -0.4 is 4.74 Å². The van der Waals surface area contributed by atoms with Gasteiger partial charge in [-0.25, -0.2) is 4.79 Å². The van der Waals surface area contributed by atoms with E-state index in [0.29, 0.717) is 0 Å². The van der Waals surface area contributed by atoms with Crippen LogP contribution in [0.5, 0.6) is 5.75 Å². The number of esters is 1. The number of hydrogen-bond donors (Lipinski definition) is 1. The van der Waals surface area contributed by atoms with Gasteiger partial charge in [-0.2, -0.15) is 0 Å². The third-order valence-corrected chi connectivity index (χ3v) is 4.55. The first-order chi connectivity index (χ1) is 13.0. The molecule has 0 aliphatic carbocycles. The summed E-state index contributed by atoms with van der Waals surface area (Å²) in [7, 11) is 0. The molecule has 0 radical (unpaired) electrons. The largest absolute Gasteiger partial charge is 0.488 e. The predicted molar refractivity (Wildman–Crippen MR) is 108 cm³/mol. The van der Waals surface area contributed by atoms with Crippen molar-refractivity contribution in [2.24, 2.45) is 0 Å². The number of aliphatic hydroxyl groups excluding tert-OH is 1. The number of ether oxygens (including phenoxy) is 2. The molecule has 4 nitrogen and oxygen atoms in total.